The van der Waals surface area contributed by atoms with E-state index in [-0.39, 0.29) is 11.9 Å². The topological polar surface area (TPSA) is 32.7 Å². The van der Waals surface area contributed by atoms with Gasteiger partial charge in [-0.1, -0.05) is 35.9 Å². The number of hydrogen-bond donors (Lipinski definition) is 1. The Kier molecular flexibility index (Phi) is 5.71. The molecule has 1 fully saturated rings. The summed E-state index contributed by atoms with van der Waals surface area (Å²) in [5.41, 5.74) is 3.33. The van der Waals surface area contributed by atoms with Gasteiger partial charge in [0, 0.05) is 19.6 Å². The van der Waals surface area contributed by atoms with Gasteiger partial charge in [-0.3, -0.25) is 0 Å². The molecule has 4 heteroatoms. The number of para-hydroxylation sites is 1. The van der Waals surface area contributed by atoms with Crippen molar-refractivity contribution in [3.63, 3.8) is 0 Å². The molecule has 25 heavy (non-hydrogen) atoms. The minimum atomic E-state index is -0.482. The lowest BCUT2D eigenvalue weighted by molar-refractivity contribution is 0.0593. The molecule has 1 aliphatic rings. The van der Waals surface area contributed by atoms with Crippen LogP contribution in [0.25, 0.3) is 0 Å². The molecule has 0 spiro atoms. The molecule has 2 aromatic carbocycles. The van der Waals surface area contributed by atoms with Gasteiger partial charge in [-0.25, -0.2) is 4.39 Å². The Morgan fingerprint density at radius 1 is 1.16 bits per heavy atom. The number of aliphatic hydroxyl groups excluding tert-OH is 1. The molecule has 3 nitrogen and oxygen atoms in total. The summed E-state index contributed by atoms with van der Waals surface area (Å²) in [6.07, 6.45) is 1.23. The Hall–Kier alpha value is -1.91. The standard InChI is InChI=1S/C21H26FNO2/c1-15-7-8-18(16(2)13-15)20(24)14-23-11-9-17(10-12-23)25-21-6-4-3-5-19(21)22/h3-8,13,17,20,24H,9-12,14H2,1-2H3/t20-/m0/s1. The number of halogens is 1. The molecule has 0 bridgehead atoms. The molecule has 0 unspecified atom stereocenters. The maximum Gasteiger partial charge on any atom is 0.165 e. The van der Waals surface area contributed by atoms with Crippen LogP contribution in [-0.4, -0.2) is 35.7 Å². The minimum absolute atomic E-state index is 0.0337. The van der Waals surface area contributed by atoms with Crippen LogP contribution in [0, 0.1) is 19.7 Å². The van der Waals surface area contributed by atoms with Crippen LogP contribution in [0.4, 0.5) is 4.39 Å². The molecule has 1 N–H and O–H groups in total. The fourth-order valence-electron chi connectivity index (χ4n) is 3.47. The van der Waals surface area contributed by atoms with Gasteiger partial charge in [-0.2, -0.15) is 0 Å². The van der Waals surface area contributed by atoms with Crippen LogP contribution in [0.2, 0.25) is 0 Å². The predicted molar refractivity (Wildman–Crippen MR) is 97.4 cm³/mol. The third-order valence-corrected chi connectivity index (χ3v) is 4.88. The van der Waals surface area contributed by atoms with Crippen molar-refractivity contribution in [1.82, 2.24) is 4.90 Å². The van der Waals surface area contributed by atoms with Crippen LogP contribution in [0.3, 0.4) is 0 Å². The van der Waals surface area contributed by atoms with E-state index in [1.807, 2.05) is 19.1 Å². The van der Waals surface area contributed by atoms with Crippen LogP contribution < -0.4 is 4.74 Å². The summed E-state index contributed by atoms with van der Waals surface area (Å²) in [5.74, 6) is 0.0199. The van der Waals surface area contributed by atoms with E-state index in [0.717, 1.165) is 37.1 Å². The molecule has 0 aromatic heterocycles. The molecule has 1 atom stereocenters. The molecular formula is C21H26FNO2. The van der Waals surface area contributed by atoms with Gasteiger partial charge in [0.05, 0.1) is 6.10 Å². The van der Waals surface area contributed by atoms with Crippen molar-refractivity contribution in [1.29, 1.82) is 0 Å². The van der Waals surface area contributed by atoms with Crippen molar-refractivity contribution < 1.29 is 14.2 Å². The lowest BCUT2D eigenvalue weighted by atomic mass is 9.99. The van der Waals surface area contributed by atoms with Gasteiger partial charge in [0.25, 0.3) is 0 Å². The molecule has 1 heterocycles. The monoisotopic (exact) mass is 343 g/mol. The van der Waals surface area contributed by atoms with Crippen LogP contribution in [-0.2, 0) is 0 Å². The summed E-state index contributed by atoms with van der Waals surface area (Å²) >= 11 is 0. The van der Waals surface area contributed by atoms with Gasteiger partial charge in [0.1, 0.15) is 6.10 Å². The summed E-state index contributed by atoms with van der Waals surface area (Å²) in [7, 11) is 0. The fraction of sp³-hybridized carbons (Fsp3) is 0.429. The molecule has 1 aliphatic heterocycles. The van der Waals surface area contributed by atoms with Crippen molar-refractivity contribution in [2.45, 2.75) is 38.9 Å². The number of piperidine rings is 1. The van der Waals surface area contributed by atoms with Crippen LogP contribution in [0.5, 0.6) is 5.75 Å². The third-order valence-electron chi connectivity index (χ3n) is 4.88. The van der Waals surface area contributed by atoms with Gasteiger partial charge in [0.2, 0.25) is 0 Å². The second-order valence-corrected chi connectivity index (χ2v) is 6.92. The SMILES string of the molecule is Cc1ccc([C@@H](O)CN2CCC(Oc3ccccc3F)CC2)c(C)c1. The molecule has 0 saturated carbocycles. The maximum absolute atomic E-state index is 13.7. The van der Waals surface area contributed by atoms with Crippen molar-refractivity contribution in [3.05, 3.63) is 65.0 Å². The van der Waals surface area contributed by atoms with E-state index in [1.54, 1.807) is 18.2 Å². The molecule has 134 valence electrons. The fourth-order valence-corrected chi connectivity index (χ4v) is 3.47. The maximum atomic E-state index is 13.7. The molecule has 0 aliphatic carbocycles. The molecule has 2 aromatic rings. The summed E-state index contributed by atoms with van der Waals surface area (Å²) < 4.78 is 19.5. The number of hydrogen-bond acceptors (Lipinski definition) is 3. The average Bonchev–Trinajstić information content (AvgIpc) is 2.58. The first-order chi connectivity index (χ1) is 12.0. The minimum Gasteiger partial charge on any atom is -0.487 e. The first-order valence-electron chi connectivity index (χ1n) is 8.91. The predicted octanol–water partition coefficient (Wildman–Crippen LogP) is 4.02. The van der Waals surface area contributed by atoms with Gasteiger partial charge < -0.3 is 14.7 Å². The summed E-state index contributed by atoms with van der Waals surface area (Å²) in [6.45, 7) is 6.42. The zero-order valence-electron chi connectivity index (χ0n) is 14.9. The molecule has 0 amide bonds. The van der Waals surface area contributed by atoms with Gasteiger partial charge >= 0.3 is 0 Å². The van der Waals surface area contributed by atoms with Crippen LogP contribution in [0.15, 0.2) is 42.5 Å². The number of rotatable bonds is 5. The molecule has 3 rings (SSSR count). The van der Waals surface area contributed by atoms with E-state index in [0.29, 0.717) is 12.3 Å². The largest absolute Gasteiger partial charge is 0.487 e. The number of aryl methyl sites for hydroxylation is 2. The third kappa shape index (κ3) is 4.59. The number of aliphatic hydroxyl groups is 1. The Bertz CT molecular complexity index is 711. The smallest absolute Gasteiger partial charge is 0.165 e. The summed E-state index contributed by atoms with van der Waals surface area (Å²) in [4.78, 5) is 2.26. The number of likely N-dealkylation sites (tertiary alicyclic amines) is 1. The first-order valence-corrected chi connectivity index (χ1v) is 8.91. The number of ether oxygens (including phenoxy) is 1. The normalized spacial score (nSPS) is 17.4. The van der Waals surface area contributed by atoms with Crippen molar-refractivity contribution in [2.24, 2.45) is 0 Å². The Morgan fingerprint density at radius 3 is 2.56 bits per heavy atom. The zero-order valence-corrected chi connectivity index (χ0v) is 14.9. The highest BCUT2D eigenvalue weighted by atomic mass is 19.1. The lowest BCUT2D eigenvalue weighted by Gasteiger charge is -2.33. The second-order valence-electron chi connectivity index (χ2n) is 6.92. The van der Waals surface area contributed by atoms with Gasteiger partial charge in [0.15, 0.2) is 11.6 Å². The van der Waals surface area contributed by atoms with Crippen molar-refractivity contribution in [3.8, 4) is 5.75 Å². The van der Waals surface area contributed by atoms with Crippen molar-refractivity contribution >= 4 is 0 Å². The Balaban J connectivity index is 1.51. The quantitative estimate of drug-likeness (QED) is 0.890. The Labute approximate surface area is 149 Å². The molecular weight excluding hydrogens is 317 g/mol. The van der Waals surface area contributed by atoms with Crippen LogP contribution in [0.1, 0.15) is 35.6 Å². The summed E-state index contributed by atoms with van der Waals surface area (Å²) in [5, 5.41) is 10.6. The van der Waals surface area contributed by atoms with E-state index < -0.39 is 6.10 Å². The van der Waals surface area contributed by atoms with Crippen molar-refractivity contribution in [2.75, 3.05) is 19.6 Å². The van der Waals surface area contributed by atoms with E-state index in [4.69, 9.17) is 4.74 Å². The molecule has 1 saturated heterocycles. The first kappa shape index (κ1) is 17.9. The van der Waals surface area contributed by atoms with Gasteiger partial charge in [-0.15, -0.1) is 0 Å². The highest BCUT2D eigenvalue weighted by Gasteiger charge is 2.23. The molecule has 0 radical (unpaired) electrons. The highest BCUT2D eigenvalue weighted by Crippen LogP contribution is 2.24. The van der Waals surface area contributed by atoms with E-state index in [1.165, 1.54) is 11.6 Å². The summed E-state index contributed by atoms with van der Waals surface area (Å²) in [6, 6.07) is 12.7. The number of benzene rings is 2. The van der Waals surface area contributed by atoms with E-state index in [2.05, 4.69) is 17.9 Å². The lowest BCUT2D eigenvalue weighted by Crippen LogP contribution is -2.40. The second kappa shape index (κ2) is 7.98. The number of β-amino-alcohol motifs (C(OH)–C–C–N with tert-alkyl or cyclic N) is 1. The average molecular weight is 343 g/mol. The van der Waals surface area contributed by atoms with E-state index >= 15 is 0 Å². The zero-order chi connectivity index (χ0) is 17.8. The van der Waals surface area contributed by atoms with Gasteiger partial charge in [-0.05, 0) is 49.9 Å². The number of nitrogens with zero attached hydrogens (tertiary/aromatic N) is 1. The van der Waals surface area contributed by atoms with E-state index in [9.17, 15) is 9.50 Å². The Morgan fingerprint density at radius 2 is 1.88 bits per heavy atom. The highest BCUT2D eigenvalue weighted by molar-refractivity contribution is 5.32. The van der Waals surface area contributed by atoms with Crippen LogP contribution >= 0.6 is 0 Å².